The number of carbonyl (C=O) groups excluding carboxylic acids is 2. The van der Waals surface area contributed by atoms with Crippen LogP contribution in [0.25, 0.3) is 0 Å². The van der Waals surface area contributed by atoms with E-state index in [0.29, 0.717) is 48.4 Å². The molecule has 4 rings (SSSR count). The van der Waals surface area contributed by atoms with Gasteiger partial charge in [0.15, 0.2) is 5.78 Å². The molecule has 27 heavy (non-hydrogen) atoms. The van der Waals surface area contributed by atoms with Crippen molar-refractivity contribution in [2.24, 2.45) is 0 Å². The topological polar surface area (TPSA) is 74.8 Å². The molecule has 2 aromatic carbocycles. The molecule has 0 unspecified atom stereocenters. The fourth-order valence-electron chi connectivity index (χ4n) is 3.63. The molecule has 7 heteroatoms. The lowest BCUT2D eigenvalue weighted by atomic mass is 9.99. The summed E-state index contributed by atoms with van der Waals surface area (Å²) in [5, 5.41) is 0. The van der Waals surface area contributed by atoms with Crippen molar-refractivity contribution in [2.45, 2.75) is 19.3 Å². The van der Waals surface area contributed by atoms with Crippen LogP contribution in [-0.4, -0.2) is 39.0 Å². The third-order valence-electron chi connectivity index (χ3n) is 5.05. The first-order valence-corrected chi connectivity index (χ1v) is 10.6. The summed E-state index contributed by atoms with van der Waals surface area (Å²) < 4.78 is 25.9. The van der Waals surface area contributed by atoms with Gasteiger partial charge in [-0.2, -0.15) is 0 Å². The Morgan fingerprint density at radius 3 is 2.41 bits per heavy atom. The monoisotopic (exact) mass is 384 g/mol. The number of amides is 1. The quantitative estimate of drug-likeness (QED) is 0.798. The summed E-state index contributed by atoms with van der Waals surface area (Å²) in [7, 11) is -3.28. The smallest absolute Gasteiger partial charge is 0.258 e. The van der Waals surface area contributed by atoms with Gasteiger partial charge in [-0.25, -0.2) is 8.42 Å². The number of benzene rings is 2. The third-order valence-corrected chi connectivity index (χ3v) is 6.92. The van der Waals surface area contributed by atoms with Gasteiger partial charge in [-0.05, 0) is 49.2 Å². The number of nitrogens with zero attached hydrogens (tertiary/aromatic N) is 2. The maximum absolute atomic E-state index is 13.0. The zero-order valence-corrected chi connectivity index (χ0v) is 15.6. The van der Waals surface area contributed by atoms with Crippen LogP contribution in [0.1, 0.15) is 40.0 Å². The van der Waals surface area contributed by atoms with Crippen molar-refractivity contribution in [1.82, 2.24) is 0 Å². The zero-order valence-electron chi connectivity index (χ0n) is 14.8. The van der Waals surface area contributed by atoms with Gasteiger partial charge in [0.25, 0.3) is 5.91 Å². The first-order valence-electron chi connectivity index (χ1n) is 9.02. The number of sulfonamides is 1. The Labute approximate surface area is 158 Å². The van der Waals surface area contributed by atoms with Gasteiger partial charge in [0.2, 0.25) is 10.0 Å². The fraction of sp³-hybridized carbons (Fsp3) is 0.300. The summed E-state index contributed by atoms with van der Waals surface area (Å²) >= 11 is 0. The number of carbonyl (C=O) groups is 2. The van der Waals surface area contributed by atoms with Crippen molar-refractivity contribution >= 4 is 33.1 Å². The van der Waals surface area contributed by atoms with Crippen LogP contribution in [-0.2, 0) is 10.0 Å². The second-order valence-electron chi connectivity index (χ2n) is 6.79. The molecule has 0 spiro atoms. The number of anilines is 2. The van der Waals surface area contributed by atoms with Crippen LogP contribution in [0.3, 0.4) is 0 Å². The average Bonchev–Trinajstić information content (AvgIpc) is 2.68. The van der Waals surface area contributed by atoms with Crippen molar-refractivity contribution in [3.63, 3.8) is 0 Å². The van der Waals surface area contributed by atoms with Gasteiger partial charge in [0, 0.05) is 30.6 Å². The van der Waals surface area contributed by atoms with Gasteiger partial charge >= 0.3 is 0 Å². The van der Waals surface area contributed by atoms with Crippen molar-refractivity contribution < 1.29 is 18.0 Å². The van der Waals surface area contributed by atoms with Crippen molar-refractivity contribution in [1.29, 1.82) is 0 Å². The van der Waals surface area contributed by atoms with Gasteiger partial charge in [0.05, 0.1) is 17.1 Å². The van der Waals surface area contributed by atoms with Crippen LogP contribution < -0.4 is 9.21 Å². The zero-order chi connectivity index (χ0) is 19.0. The molecular weight excluding hydrogens is 364 g/mol. The number of hydrogen-bond acceptors (Lipinski definition) is 4. The SMILES string of the molecule is O=C1CCN(C(=O)c2ccc(N3CCCCS3(=O)=O)cc2)c2ccccc21. The molecule has 1 saturated heterocycles. The fourth-order valence-corrected chi connectivity index (χ4v) is 5.27. The highest BCUT2D eigenvalue weighted by Crippen LogP contribution is 2.29. The van der Waals surface area contributed by atoms with Gasteiger partial charge in [0.1, 0.15) is 0 Å². The molecule has 140 valence electrons. The molecule has 2 aliphatic heterocycles. The Hall–Kier alpha value is -2.67. The predicted molar refractivity (Wildman–Crippen MR) is 104 cm³/mol. The Balaban J connectivity index is 1.61. The molecule has 0 atom stereocenters. The standard InChI is InChI=1S/C20H20N2O4S/c23-19-11-13-21(18-6-2-1-5-17(18)19)20(24)15-7-9-16(10-8-15)22-12-3-4-14-27(22,25)26/h1-2,5-10H,3-4,11-14H2. The highest BCUT2D eigenvalue weighted by atomic mass is 32.2. The van der Waals surface area contributed by atoms with Crippen molar-refractivity contribution in [2.75, 3.05) is 28.0 Å². The third kappa shape index (κ3) is 3.23. The van der Waals surface area contributed by atoms with Crippen LogP contribution in [0.2, 0.25) is 0 Å². The number of ketones is 1. The van der Waals surface area contributed by atoms with Crippen LogP contribution in [0, 0.1) is 0 Å². The van der Waals surface area contributed by atoms with Gasteiger partial charge in [-0.1, -0.05) is 12.1 Å². The predicted octanol–water partition coefficient (Wildman–Crippen LogP) is 2.85. The number of rotatable bonds is 2. The second-order valence-corrected chi connectivity index (χ2v) is 8.80. The van der Waals surface area contributed by atoms with Crippen LogP contribution in [0.15, 0.2) is 48.5 Å². The van der Waals surface area contributed by atoms with Crippen molar-refractivity contribution in [3.8, 4) is 0 Å². The van der Waals surface area contributed by atoms with E-state index in [2.05, 4.69) is 0 Å². The minimum Gasteiger partial charge on any atom is -0.307 e. The van der Waals surface area contributed by atoms with Crippen LogP contribution in [0.5, 0.6) is 0 Å². The first-order chi connectivity index (χ1) is 13.0. The number of Topliss-reactive ketones (excluding diaryl/α,β-unsaturated/α-hetero) is 1. The summed E-state index contributed by atoms with van der Waals surface area (Å²) in [5.74, 6) is 0.00928. The Morgan fingerprint density at radius 2 is 1.67 bits per heavy atom. The molecule has 1 amide bonds. The van der Waals surface area contributed by atoms with Gasteiger partial charge in [-0.15, -0.1) is 0 Å². The summed E-state index contributed by atoms with van der Waals surface area (Å²) in [5.41, 5.74) is 2.24. The molecule has 0 saturated carbocycles. The van der Waals surface area contributed by atoms with E-state index in [1.54, 1.807) is 47.4 Å². The summed E-state index contributed by atoms with van der Waals surface area (Å²) in [4.78, 5) is 26.7. The van der Waals surface area contributed by atoms with E-state index < -0.39 is 10.0 Å². The van der Waals surface area contributed by atoms with Gasteiger partial charge in [-0.3, -0.25) is 13.9 Å². The summed E-state index contributed by atoms with van der Waals surface area (Å²) in [6.45, 7) is 0.814. The lowest BCUT2D eigenvalue weighted by Gasteiger charge is -2.30. The highest BCUT2D eigenvalue weighted by molar-refractivity contribution is 7.92. The maximum Gasteiger partial charge on any atom is 0.258 e. The molecule has 1 fully saturated rings. The van der Waals surface area contributed by atoms with Crippen LogP contribution in [0.4, 0.5) is 11.4 Å². The minimum atomic E-state index is -3.28. The molecule has 6 nitrogen and oxygen atoms in total. The van der Waals surface area contributed by atoms with E-state index in [1.807, 2.05) is 6.07 Å². The van der Waals surface area contributed by atoms with E-state index in [1.165, 1.54) is 4.31 Å². The van der Waals surface area contributed by atoms with E-state index in [-0.39, 0.29) is 17.4 Å². The van der Waals surface area contributed by atoms with E-state index in [9.17, 15) is 18.0 Å². The number of fused-ring (bicyclic) bond motifs is 1. The maximum atomic E-state index is 13.0. The highest BCUT2D eigenvalue weighted by Gasteiger charge is 2.29. The number of hydrogen-bond donors (Lipinski definition) is 0. The van der Waals surface area contributed by atoms with E-state index in [0.717, 1.165) is 6.42 Å². The molecule has 2 aromatic rings. The molecule has 2 aliphatic rings. The Kier molecular flexibility index (Phi) is 4.47. The molecule has 0 aromatic heterocycles. The Morgan fingerprint density at radius 1 is 0.926 bits per heavy atom. The Bertz CT molecular complexity index is 999. The molecule has 0 bridgehead atoms. The summed E-state index contributed by atoms with van der Waals surface area (Å²) in [6.07, 6.45) is 1.81. The summed E-state index contributed by atoms with van der Waals surface area (Å²) in [6, 6.07) is 13.8. The lowest BCUT2D eigenvalue weighted by molar-refractivity contribution is 0.0955. The molecular formula is C20H20N2O4S. The molecule has 2 heterocycles. The first kappa shape index (κ1) is 17.7. The molecule has 0 N–H and O–H groups in total. The second kappa shape index (κ2) is 6.81. The van der Waals surface area contributed by atoms with Gasteiger partial charge < -0.3 is 4.90 Å². The molecule has 0 aliphatic carbocycles. The average molecular weight is 384 g/mol. The van der Waals surface area contributed by atoms with Crippen molar-refractivity contribution in [3.05, 3.63) is 59.7 Å². The lowest BCUT2D eigenvalue weighted by Crippen LogP contribution is -2.38. The van der Waals surface area contributed by atoms with E-state index >= 15 is 0 Å². The minimum absolute atomic E-state index is 0.0419. The largest absolute Gasteiger partial charge is 0.307 e. The number of para-hydroxylation sites is 1. The van der Waals surface area contributed by atoms with E-state index in [4.69, 9.17) is 0 Å². The van der Waals surface area contributed by atoms with Crippen LogP contribution >= 0.6 is 0 Å². The molecule has 0 radical (unpaired) electrons. The normalized spacial score (nSPS) is 18.9.